The number of hydrogen-bond acceptors (Lipinski definition) is 3. The van der Waals surface area contributed by atoms with Crippen LogP contribution in [0.1, 0.15) is 10.4 Å². The molecule has 0 amide bonds. The van der Waals surface area contributed by atoms with Gasteiger partial charge in [-0.1, -0.05) is 6.07 Å². The van der Waals surface area contributed by atoms with Crippen molar-refractivity contribution in [2.24, 2.45) is 0 Å². The Morgan fingerprint density at radius 2 is 1.94 bits per heavy atom. The highest BCUT2D eigenvalue weighted by Gasteiger charge is 2.08. The average Bonchev–Trinajstić information content (AvgIpc) is 2.82. The SMILES string of the molecule is O=C(O)c1ccc2ccn(-c3ncccn3)c2c1. The molecule has 2 heterocycles. The fraction of sp³-hybridized carbons (Fsp3) is 0. The lowest BCUT2D eigenvalue weighted by atomic mass is 10.2. The number of aromatic carboxylic acids is 1. The Bertz CT molecular complexity index is 719. The van der Waals surface area contributed by atoms with E-state index in [-0.39, 0.29) is 5.56 Å². The molecule has 3 aromatic rings. The summed E-state index contributed by atoms with van der Waals surface area (Å²) in [6.07, 6.45) is 5.12. The van der Waals surface area contributed by atoms with Crippen molar-refractivity contribution < 1.29 is 9.90 Å². The van der Waals surface area contributed by atoms with Gasteiger partial charge in [-0.05, 0) is 24.3 Å². The molecule has 5 heteroatoms. The largest absolute Gasteiger partial charge is 0.478 e. The van der Waals surface area contributed by atoms with Crippen LogP contribution in [0.15, 0.2) is 48.9 Å². The quantitative estimate of drug-likeness (QED) is 0.743. The van der Waals surface area contributed by atoms with Crippen molar-refractivity contribution in [2.75, 3.05) is 0 Å². The summed E-state index contributed by atoms with van der Waals surface area (Å²) >= 11 is 0. The van der Waals surface area contributed by atoms with Gasteiger partial charge in [0.15, 0.2) is 0 Å². The second kappa shape index (κ2) is 3.96. The number of carboxylic acids is 1. The molecule has 88 valence electrons. The number of carbonyl (C=O) groups is 1. The third-order valence-electron chi connectivity index (χ3n) is 2.71. The third-order valence-corrected chi connectivity index (χ3v) is 2.71. The summed E-state index contributed by atoms with van der Waals surface area (Å²) in [7, 11) is 0. The molecule has 0 fully saturated rings. The van der Waals surface area contributed by atoms with Gasteiger partial charge in [0.25, 0.3) is 0 Å². The minimum absolute atomic E-state index is 0.249. The number of nitrogens with zero attached hydrogens (tertiary/aromatic N) is 3. The lowest BCUT2D eigenvalue weighted by Crippen LogP contribution is -2.00. The first-order valence-electron chi connectivity index (χ1n) is 5.37. The minimum atomic E-state index is -0.946. The monoisotopic (exact) mass is 239 g/mol. The number of fused-ring (bicyclic) bond motifs is 1. The van der Waals surface area contributed by atoms with Crippen LogP contribution in [0.5, 0.6) is 0 Å². The highest BCUT2D eigenvalue weighted by atomic mass is 16.4. The van der Waals surface area contributed by atoms with E-state index in [1.54, 1.807) is 41.2 Å². The van der Waals surface area contributed by atoms with Gasteiger partial charge in [-0.15, -0.1) is 0 Å². The molecule has 0 aliphatic heterocycles. The maximum atomic E-state index is 11.0. The minimum Gasteiger partial charge on any atom is -0.478 e. The lowest BCUT2D eigenvalue weighted by Gasteiger charge is -2.03. The van der Waals surface area contributed by atoms with Gasteiger partial charge in [-0.2, -0.15) is 0 Å². The van der Waals surface area contributed by atoms with Gasteiger partial charge in [0.2, 0.25) is 5.95 Å². The summed E-state index contributed by atoms with van der Waals surface area (Å²) in [4.78, 5) is 19.3. The van der Waals surface area contributed by atoms with E-state index in [1.165, 1.54) is 0 Å². The Hall–Kier alpha value is -2.69. The Labute approximate surface area is 102 Å². The van der Waals surface area contributed by atoms with Crippen molar-refractivity contribution in [3.63, 3.8) is 0 Å². The summed E-state index contributed by atoms with van der Waals surface area (Å²) in [5.74, 6) is -0.423. The molecule has 0 aliphatic carbocycles. The van der Waals surface area contributed by atoms with E-state index in [0.717, 1.165) is 10.9 Å². The van der Waals surface area contributed by atoms with E-state index in [4.69, 9.17) is 5.11 Å². The van der Waals surface area contributed by atoms with E-state index in [2.05, 4.69) is 9.97 Å². The van der Waals surface area contributed by atoms with Crippen LogP contribution in [0.4, 0.5) is 0 Å². The number of aromatic nitrogens is 3. The van der Waals surface area contributed by atoms with Gasteiger partial charge in [-0.25, -0.2) is 14.8 Å². The number of benzene rings is 1. The third kappa shape index (κ3) is 1.62. The predicted octanol–water partition coefficient (Wildman–Crippen LogP) is 2.12. The zero-order valence-electron chi connectivity index (χ0n) is 9.32. The molecule has 3 rings (SSSR count). The number of carboxylic acid groups (broad SMARTS) is 1. The van der Waals surface area contributed by atoms with Gasteiger partial charge in [-0.3, -0.25) is 4.57 Å². The molecular formula is C13H9N3O2. The van der Waals surface area contributed by atoms with Gasteiger partial charge in [0.05, 0.1) is 11.1 Å². The number of hydrogen-bond donors (Lipinski definition) is 1. The second-order valence-corrected chi connectivity index (χ2v) is 3.81. The second-order valence-electron chi connectivity index (χ2n) is 3.81. The topological polar surface area (TPSA) is 68.0 Å². The molecule has 1 N–H and O–H groups in total. The van der Waals surface area contributed by atoms with Crippen molar-refractivity contribution in [2.45, 2.75) is 0 Å². The van der Waals surface area contributed by atoms with Crippen molar-refractivity contribution in [1.82, 2.24) is 14.5 Å². The van der Waals surface area contributed by atoms with E-state index in [1.807, 2.05) is 12.3 Å². The summed E-state index contributed by atoms with van der Waals surface area (Å²) < 4.78 is 1.77. The zero-order valence-corrected chi connectivity index (χ0v) is 9.32. The summed E-state index contributed by atoms with van der Waals surface area (Å²) in [5, 5.41) is 9.95. The molecule has 0 saturated heterocycles. The van der Waals surface area contributed by atoms with Crippen molar-refractivity contribution in [1.29, 1.82) is 0 Å². The molecule has 1 aromatic carbocycles. The molecule has 0 bridgehead atoms. The molecule has 0 saturated carbocycles. The van der Waals surface area contributed by atoms with Crippen molar-refractivity contribution in [3.8, 4) is 5.95 Å². The first-order valence-corrected chi connectivity index (χ1v) is 5.37. The first kappa shape index (κ1) is 10.5. The Balaban J connectivity index is 2.24. The van der Waals surface area contributed by atoms with Gasteiger partial charge < -0.3 is 5.11 Å². The molecule has 18 heavy (non-hydrogen) atoms. The van der Waals surface area contributed by atoms with E-state index in [0.29, 0.717) is 5.95 Å². The van der Waals surface area contributed by atoms with Crippen LogP contribution in [0.2, 0.25) is 0 Å². The Kier molecular flexibility index (Phi) is 2.30. The molecule has 0 spiro atoms. The predicted molar refractivity (Wildman–Crippen MR) is 65.8 cm³/mol. The van der Waals surface area contributed by atoms with Crippen molar-refractivity contribution in [3.05, 3.63) is 54.5 Å². The zero-order chi connectivity index (χ0) is 12.5. The van der Waals surface area contributed by atoms with E-state index < -0.39 is 5.97 Å². The Morgan fingerprint density at radius 1 is 1.17 bits per heavy atom. The molecular weight excluding hydrogens is 230 g/mol. The molecule has 0 aliphatic rings. The highest BCUT2D eigenvalue weighted by molar-refractivity contribution is 5.93. The van der Waals surface area contributed by atoms with Crippen LogP contribution in [0.25, 0.3) is 16.9 Å². The number of rotatable bonds is 2. The molecule has 0 radical (unpaired) electrons. The highest BCUT2D eigenvalue weighted by Crippen LogP contribution is 2.19. The van der Waals surface area contributed by atoms with E-state index in [9.17, 15) is 4.79 Å². The van der Waals surface area contributed by atoms with Gasteiger partial charge in [0, 0.05) is 24.0 Å². The van der Waals surface area contributed by atoms with Crippen LogP contribution in [-0.2, 0) is 0 Å². The van der Waals surface area contributed by atoms with Crippen LogP contribution in [0, 0.1) is 0 Å². The average molecular weight is 239 g/mol. The smallest absolute Gasteiger partial charge is 0.335 e. The molecule has 0 unspecified atom stereocenters. The summed E-state index contributed by atoms with van der Waals surface area (Å²) in [6, 6.07) is 8.61. The normalized spacial score (nSPS) is 10.7. The van der Waals surface area contributed by atoms with Crippen LogP contribution >= 0.6 is 0 Å². The van der Waals surface area contributed by atoms with Crippen LogP contribution < -0.4 is 0 Å². The fourth-order valence-corrected chi connectivity index (χ4v) is 1.85. The summed E-state index contributed by atoms with van der Waals surface area (Å²) in [6.45, 7) is 0. The Morgan fingerprint density at radius 3 is 2.67 bits per heavy atom. The molecule has 2 aromatic heterocycles. The van der Waals surface area contributed by atoms with Crippen molar-refractivity contribution >= 4 is 16.9 Å². The van der Waals surface area contributed by atoms with Gasteiger partial charge in [0.1, 0.15) is 0 Å². The lowest BCUT2D eigenvalue weighted by molar-refractivity contribution is 0.0697. The molecule has 5 nitrogen and oxygen atoms in total. The van der Waals surface area contributed by atoms with E-state index >= 15 is 0 Å². The van der Waals surface area contributed by atoms with Crippen LogP contribution in [0.3, 0.4) is 0 Å². The van der Waals surface area contributed by atoms with Gasteiger partial charge >= 0.3 is 5.97 Å². The maximum absolute atomic E-state index is 11.0. The summed E-state index contributed by atoms with van der Waals surface area (Å²) in [5.41, 5.74) is 1.03. The molecule has 0 atom stereocenters. The standard InChI is InChI=1S/C13H9N3O2/c17-12(18)10-3-2-9-4-7-16(11(9)8-10)13-14-5-1-6-15-13/h1-8H,(H,17,18). The fourth-order valence-electron chi connectivity index (χ4n) is 1.85. The first-order chi connectivity index (χ1) is 8.75. The maximum Gasteiger partial charge on any atom is 0.335 e. The van der Waals surface area contributed by atoms with Crippen LogP contribution in [-0.4, -0.2) is 25.6 Å².